The van der Waals surface area contributed by atoms with Crippen molar-refractivity contribution in [2.75, 3.05) is 19.5 Å². The molecule has 30 heavy (non-hydrogen) atoms. The van der Waals surface area contributed by atoms with Gasteiger partial charge in [0.1, 0.15) is 0 Å². The first-order valence-corrected chi connectivity index (χ1v) is 11.4. The summed E-state index contributed by atoms with van der Waals surface area (Å²) >= 11 is 7.95. The molecule has 0 aliphatic rings. The average Bonchev–Trinajstić information content (AvgIpc) is 3.14. The maximum absolute atomic E-state index is 6.46. The van der Waals surface area contributed by atoms with Crippen molar-refractivity contribution in [3.63, 3.8) is 0 Å². The van der Waals surface area contributed by atoms with Crippen molar-refractivity contribution in [1.29, 1.82) is 0 Å². The third kappa shape index (κ3) is 5.55. The van der Waals surface area contributed by atoms with E-state index in [0.717, 1.165) is 28.5 Å². The Labute approximate surface area is 186 Å². The highest BCUT2D eigenvalue weighted by Crippen LogP contribution is 2.36. The number of hydrogen-bond donors (Lipinski definition) is 0. The number of halogens is 1. The minimum atomic E-state index is 0.495. The highest BCUT2D eigenvalue weighted by molar-refractivity contribution is 7.98. The summed E-state index contributed by atoms with van der Waals surface area (Å²) in [4.78, 5) is 0. The fraction of sp³-hybridized carbons (Fsp3) is 0.318. The van der Waals surface area contributed by atoms with Crippen molar-refractivity contribution in [2.24, 2.45) is 5.10 Å². The van der Waals surface area contributed by atoms with Crippen molar-refractivity contribution < 1.29 is 9.47 Å². The van der Waals surface area contributed by atoms with E-state index in [9.17, 15) is 0 Å². The summed E-state index contributed by atoms with van der Waals surface area (Å²) < 4.78 is 13.3. The molecule has 0 bridgehead atoms. The number of hydrogen-bond acceptors (Lipinski definition) is 6. The lowest BCUT2D eigenvalue weighted by Crippen LogP contribution is -2.03. The van der Waals surface area contributed by atoms with Crippen LogP contribution in [0.3, 0.4) is 0 Å². The van der Waals surface area contributed by atoms with Gasteiger partial charge in [0.25, 0.3) is 0 Å². The zero-order valence-corrected chi connectivity index (χ0v) is 18.9. The third-order valence-electron chi connectivity index (χ3n) is 4.17. The molecule has 0 N–H and O–H groups in total. The molecule has 0 saturated carbocycles. The van der Waals surface area contributed by atoms with Gasteiger partial charge < -0.3 is 9.47 Å². The number of thioether (sulfide) groups is 1. The Morgan fingerprint density at radius 3 is 2.63 bits per heavy atom. The molecular formula is C22H25ClN4O2S. The normalized spacial score (nSPS) is 11.2. The SMILES string of the molecule is CCCOc1c(Cl)cc(/C=N\n2c(Cc3ccccc3)nnc2SC)cc1OCC. The Bertz CT molecular complexity index is 992. The molecule has 0 atom stereocenters. The maximum Gasteiger partial charge on any atom is 0.211 e. The molecule has 0 unspecified atom stereocenters. The summed E-state index contributed by atoms with van der Waals surface area (Å²) in [6, 6.07) is 13.8. The zero-order valence-electron chi connectivity index (χ0n) is 17.3. The summed E-state index contributed by atoms with van der Waals surface area (Å²) in [5.41, 5.74) is 1.95. The van der Waals surface area contributed by atoms with E-state index in [0.29, 0.717) is 36.2 Å². The largest absolute Gasteiger partial charge is 0.490 e. The summed E-state index contributed by atoms with van der Waals surface area (Å²) in [5.74, 6) is 1.94. The Morgan fingerprint density at radius 1 is 1.13 bits per heavy atom. The molecular weight excluding hydrogens is 420 g/mol. The van der Waals surface area contributed by atoms with Crippen LogP contribution in [0.4, 0.5) is 0 Å². The topological polar surface area (TPSA) is 61.5 Å². The number of aromatic nitrogens is 3. The van der Waals surface area contributed by atoms with Crippen molar-refractivity contribution >= 4 is 29.6 Å². The predicted octanol–water partition coefficient (Wildman–Crippen LogP) is 5.31. The lowest BCUT2D eigenvalue weighted by atomic mass is 10.1. The highest BCUT2D eigenvalue weighted by atomic mass is 35.5. The molecule has 2 aromatic carbocycles. The van der Waals surface area contributed by atoms with Gasteiger partial charge in [0.15, 0.2) is 17.3 Å². The van der Waals surface area contributed by atoms with E-state index in [2.05, 4.69) is 27.4 Å². The van der Waals surface area contributed by atoms with Gasteiger partial charge in [-0.05, 0) is 42.9 Å². The van der Waals surface area contributed by atoms with E-state index in [1.807, 2.05) is 50.4 Å². The Morgan fingerprint density at radius 2 is 1.93 bits per heavy atom. The molecule has 158 valence electrons. The molecule has 6 nitrogen and oxygen atoms in total. The van der Waals surface area contributed by atoms with Crippen LogP contribution in [-0.2, 0) is 6.42 Å². The van der Waals surface area contributed by atoms with Crippen LogP contribution in [0.1, 0.15) is 37.2 Å². The number of nitrogens with zero attached hydrogens (tertiary/aromatic N) is 4. The van der Waals surface area contributed by atoms with Crippen LogP contribution in [0.2, 0.25) is 5.02 Å². The van der Waals surface area contributed by atoms with Gasteiger partial charge in [0.05, 0.1) is 24.5 Å². The smallest absolute Gasteiger partial charge is 0.211 e. The van der Waals surface area contributed by atoms with E-state index in [1.54, 1.807) is 10.9 Å². The molecule has 1 aromatic heterocycles. The monoisotopic (exact) mass is 444 g/mol. The molecule has 3 aromatic rings. The lowest BCUT2D eigenvalue weighted by Gasteiger charge is -2.14. The van der Waals surface area contributed by atoms with Gasteiger partial charge in [-0.15, -0.1) is 10.2 Å². The van der Waals surface area contributed by atoms with Crippen LogP contribution in [0.25, 0.3) is 0 Å². The summed E-state index contributed by atoms with van der Waals surface area (Å²) in [6.45, 7) is 5.07. The first-order chi connectivity index (χ1) is 14.7. The van der Waals surface area contributed by atoms with Crippen molar-refractivity contribution in [3.8, 4) is 11.5 Å². The van der Waals surface area contributed by atoms with E-state index in [4.69, 9.17) is 21.1 Å². The van der Waals surface area contributed by atoms with E-state index >= 15 is 0 Å². The molecule has 0 amide bonds. The van der Waals surface area contributed by atoms with E-state index < -0.39 is 0 Å². The molecule has 1 heterocycles. The molecule has 0 aliphatic carbocycles. The molecule has 0 saturated heterocycles. The van der Waals surface area contributed by atoms with Crippen molar-refractivity contribution in [3.05, 3.63) is 64.4 Å². The Kier molecular flexibility index (Phi) is 8.16. The van der Waals surface area contributed by atoms with Crippen LogP contribution in [0.15, 0.2) is 52.7 Å². The summed E-state index contributed by atoms with van der Waals surface area (Å²) in [6.07, 6.45) is 5.21. The molecule has 0 fully saturated rings. The Hall–Kier alpha value is -2.51. The second-order valence-corrected chi connectivity index (χ2v) is 7.61. The molecule has 0 aliphatic heterocycles. The number of ether oxygens (including phenoxy) is 2. The second-order valence-electron chi connectivity index (χ2n) is 6.43. The molecule has 0 radical (unpaired) electrons. The van der Waals surface area contributed by atoms with Crippen LogP contribution in [-0.4, -0.2) is 40.6 Å². The average molecular weight is 445 g/mol. The van der Waals surface area contributed by atoms with Crippen LogP contribution in [0, 0.1) is 0 Å². The van der Waals surface area contributed by atoms with E-state index in [1.165, 1.54) is 11.8 Å². The highest BCUT2D eigenvalue weighted by Gasteiger charge is 2.14. The number of rotatable bonds is 10. The standard InChI is InChI=1S/C22H25ClN4O2S/c1-4-11-29-21-18(23)12-17(13-19(21)28-5-2)15-24-27-20(25-26-22(27)30-3)14-16-9-7-6-8-10-16/h6-10,12-13,15H,4-5,11,14H2,1-3H3/b24-15-. The molecule has 3 rings (SSSR count). The predicted molar refractivity (Wildman–Crippen MR) is 122 cm³/mol. The van der Waals surface area contributed by atoms with Crippen molar-refractivity contribution in [2.45, 2.75) is 31.8 Å². The third-order valence-corrected chi connectivity index (χ3v) is 5.07. The quantitative estimate of drug-likeness (QED) is 0.313. The van der Waals surface area contributed by atoms with Crippen LogP contribution < -0.4 is 9.47 Å². The molecule has 8 heteroatoms. The minimum absolute atomic E-state index is 0.495. The fourth-order valence-electron chi connectivity index (χ4n) is 2.82. The van der Waals surface area contributed by atoms with Gasteiger partial charge in [-0.1, -0.05) is 60.6 Å². The fourth-order valence-corrected chi connectivity index (χ4v) is 3.54. The summed E-state index contributed by atoms with van der Waals surface area (Å²) in [7, 11) is 0. The van der Waals surface area contributed by atoms with Crippen LogP contribution >= 0.6 is 23.4 Å². The van der Waals surface area contributed by atoms with Gasteiger partial charge in [0, 0.05) is 6.42 Å². The van der Waals surface area contributed by atoms with Crippen LogP contribution in [0.5, 0.6) is 11.5 Å². The lowest BCUT2D eigenvalue weighted by molar-refractivity contribution is 0.277. The van der Waals surface area contributed by atoms with Gasteiger partial charge in [-0.3, -0.25) is 0 Å². The Balaban J connectivity index is 1.90. The second kappa shape index (κ2) is 11.0. The van der Waals surface area contributed by atoms with Gasteiger partial charge in [-0.2, -0.15) is 9.78 Å². The number of benzene rings is 2. The minimum Gasteiger partial charge on any atom is -0.490 e. The molecule has 0 spiro atoms. The van der Waals surface area contributed by atoms with Gasteiger partial charge in [0.2, 0.25) is 5.16 Å². The van der Waals surface area contributed by atoms with E-state index in [-0.39, 0.29) is 0 Å². The first-order valence-electron chi connectivity index (χ1n) is 9.81. The zero-order chi connectivity index (χ0) is 21.3. The van der Waals surface area contributed by atoms with Gasteiger partial charge in [-0.25, -0.2) is 0 Å². The van der Waals surface area contributed by atoms with Crippen molar-refractivity contribution in [1.82, 2.24) is 14.9 Å². The first kappa shape index (κ1) is 22.2. The van der Waals surface area contributed by atoms with Gasteiger partial charge >= 0.3 is 0 Å². The summed E-state index contributed by atoms with van der Waals surface area (Å²) in [5, 5.41) is 14.4. The maximum atomic E-state index is 6.46.